The molecule has 1 atom stereocenters. The lowest BCUT2D eigenvalue weighted by atomic mass is 10.0. The van der Waals surface area contributed by atoms with Gasteiger partial charge < -0.3 is 4.90 Å². The van der Waals surface area contributed by atoms with Gasteiger partial charge in [-0.25, -0.2) is 0 Å². The smallest absolute Gasteiger partial charge is 0.244 e. The summed E-state index contributed by atoms with van der Waals surface area (Å²) in [6.45, 7) is 1.64. The lowest BCUT2D eigenvalue weighted by Crippen LogP contribution is -2.38. The summed E-state index contributed by atoms with van der Waals surface area (Å²) in [6.07, 6.45) is 3.18. The van der Waals surface area contributed by atoms with E-state index in [1.165, 1.54) is 0 Å². The second kappa shape index (κ2) is 5.32. The monoisotopic (exact) mass is 231 g/mol. The summed E-state index contributed by atoms with van der Waals surface area (Å²) in [5.74, 6) is 0.204. The molecule has 1 radical (unpaired) electrons. The van der Waals surface area contributed by atoms with E-state index < -0.39 is 0 Å². The van der Waals surface area contributed by atoms with Crippen molar-refractivity contribution in [3.63, 3.8) is 0 Å². The number of rotatable bonds is 3. The van der Waals surface area contributed by atoms with Crippen molar-refractivity contribution in [1.82, 2.24) is 9.80 Å². The summed E-state index contributed by atoms with van der Waals surface area (Å²) in [4.78, 5) is 16.4. The van der Waals surface area contributed by atoms with Crippen molar-refractivity contribution in [3.05, 3.63) is 42.3 Å². The minimum atomic E-state index is -0.164. The third-order valence-electron chi connectivity index (χ3n) is 3.13. The van der Waals surface area contributed by atoms with Crippen molar-refractivity contribution in [1.29, 1.82) is 0 Å². The zero-order chi connectivity index (χ0) is 12.3. The van der Waals surface area contributed by atoms with Crippen molar-refractivity contribution in [2.24, 2.45) is 0 Å². The van der Waals surface area contributed by atoms with Crippen molar-refractivity contribution in [2.45, 2.75) is 12.5 Å². The second-order valence-corrected chi connectivity index (χ2v) is 4.64. The average molecular weight is 231 g/mol. The van der Waals surface area contributed by atoms with Gasteiger partial charge in [0, 0.05) is 13.1 Å². The van der Waals surface area contributed by atoms with Crippen LogP contribution in [0.3, 0.4) is 0 Å². The number of likely N-dealkylation sites (tertiary alicyclic amines) is 1. The van der Waals surface area contributed by atoms with Crippen LogP contribution in [0.15, 0.2) is 30.3 Å². The standard InChI is InChI=1S/C14H19N2O/c1-15(2)13(12-8-4-3-5-9-12)14(17)16-10-6-7-11-16/h3-6,8-9,13H,7,10-11H2,1-2H3/t13-/m1/s1. The lowest BCUT2D eigenvalue weighted by molar-refractivity contribution is -0.135. The van der Waals surface area contributed by atoms with Crippen LogP contribution in [0, 0.1) is 6.42 Å². The zero-order valence-electron chi connectivity index (χ0n) is 10.5. The minimum absolute atomic E-state index is 0.164. The van der Waals surface area contributed by atoms with Gasteiger partial charge in [0.1, 0.15) is 6.04 Å². The summed E-state index contributed by atoms with van der Waals surface area (Å²) in [5.41, 5.74) is 1.06. The summed E-state index contributed by atoms with van der Waals surface area (Å²) in [5, 5.41) is 0. The van der Waals surface area contributed by atoms with E-state index in [1.807, 2.05) is 54.2 Å². The molecule has 0 aromatic heterocycles. The molecule has 17 heavy (non-hydrogen) atoms. The first kappa shape index (κ1) is 12.1. The molecule has 1 heterocycles. The highest BCUT2D eigenvalue weighted by Gasteiger charge is 2.29. The van der Waals surface area contributed by atoms with E-state index in [2.05, 4.69) is 6.42 Å². The molecule has 91 valence electrons. The van der Waals surface area contributed by atoms with Gasteiger partial charge in [-0.2, -0.15) is 0 Å². The fourth-order valence-electron chi connectivity index (χ4n) is 2.26. The Morgan fingerprint density at radius 2 is 2.00 bits per heavy atom. The van der Waals surface area contributed by atoms with Crippen molar-refractivity contribution in [2.75, 3.05) is 27.2 Å². The number of nitrogens with zero attached hydrogens (tertiary/aromatic N) is 2. The normalized spacial score (nSPS) is 17.5. The van der Waals surface area contributed by atoms with Gasteiger partial charge in [0.2, 0.25) is 5.91 Å². The Kier molecular flexibility index (Phi) is 3.79. The molecule has 1 aliphatic rings. The Morgan fingerprint density at radius 3 is 2.53 bits per heavy atom. The summed E-state index contributed by atoms with van der Waals surface area (Å²) < 4.78 is 0. The average Bonchev–Trinajstić information content (AvgIpc) is 2.83. The zero-order valence-corrected chi connectivity index (χ0v) is 10.5. The Morgan fingerprint density at radius 1 is 1.29 bits per heavy atom. The van der Waals surface area contributed by atoms with E-state index in [-0.39, 0.29) is 11.9 Å². The molecule has 0 spiro atoms. The number of amides is 1. The molecule has 0 unspecified atom stereocenters. The predicted molar refractivity (Wildman–Crippen MR) is 68.4 cm³/mol. The lowest BCUT2D eigenvalue weighted by Gasteiger charge is -2.28. The van der Waals surface area contributed by atoms with E-state index in [0.29, 0.717) is 0 Å². The second-order valence-electron chi connectivity index (χ2n) is 4.64. The highest BCUT2D eigenvalue weighted by atomic mass is 16.2. The van der Waals surface area contributed by atoms with E-state index >= 15 is 0 Å². The molecule has 1 saturated heterocycles. The third-order valence-corrected chi connectivity index (χ3v) is 3.13. The molecular formula is C14H19N2O. The molecule has 0 bridgehead atoms. The first-order valence-electron chi connectivity index (χ1n) is 6.02. The van der Waals surface area contributed by atoms with E-state index in [0.717, 1.165) is 25.1 Å². The van der Waals surface area contributed by atoms with E-state index in [1.54, 1.807) is 0 Å². The molecule has 1 aliphatic heterocycles. The Bertz CT molecular complexity index is 369. The van der Waals surface area contributed by atoms with Crippen LogP contribution < -0.4 is 0 Å². The first-order chi connectivity index (χ1) is 8.20. The molecule has 0 N–H and O–H groups in total. The van der Waals surface area contributed by atoms with Crippen molar-refractivity contribution < 1.29 is 4.79 Å². The number of carbonyl (C=O) groups excluding carboxylic acids is 1. The summed E-state index contributed by atoms with van der Waals surface area (Å²) >= 11 is 0. The number of carbonyl (C=O) groups is 1. The molecule has 0 saturated carbocycles. The molecule has 2 rings (SSSR count). The SMILES string of the molecule is CN(C)[C@@H](C(=O)N1C[CH]CC1)c1ccccc1. The summed E-state index contributed by atoms with van der Waals surface area (Å²) in [7, 11) is 3.91. The quantitative estimate of drug-likeness (QED) is 0.791. The number of hydrogen-bond acceptors (Lipinski definition) is 2. The van der Waals surface area contributed by atoms with Gasteiger partial charge in [-0.1, -0.05) is 30.3 Å². The van der Waals surface area contributed by atoms with E-state index in [4.69, 9.17) is 0 Å². The van der Waals surface area contributed by atoms with Gasteiger partial charge >= 0.3 is 0 Å². The van der Waals surface area contributed by atoms with Crippen LogP contribution in [0.25, 0.3) is 0 Å². The van der Waals surface area contributed by atoms with Crippen molar-refractivity contribution >= 4 is 5.91 Å². The fourth-order valence-corrected chi connectivity index (χ4v) is 2.26. The highest BCUT2D eigenvalue weighted by molar-refractivity contribution is 5.83. The number of likely N-dealkylation sites (N-methyl/N-ethyl adjacent to an activating group) is 1. The molecule has 1 aromatic carbocycles. The Hall–Kier alpha value is -1.35. The summed E-state index contributed by atoms with van der Waals surface area (Å²) in [6, 6.07) is 9.81. The first-order valence-corrected chi connectivity index (χ1v) is 6.02. The van der Waals surface area contributed by atoms with Crippen LogP contribution in [0.2, 0.25) is 0 Å². The molecule has 1 fully saturated rings. The van der Waals surface area contributed by atoms with Crippen LogP contribution in [-0.4, -0.2) is 42.9 Å². The minimum Gasteiger partial charge on any atom is -0.341 e. The fraction of sp³-hybridized carbons (Fsp3) is 0.429. The van der Waals surface area contributed by atoms with Gasteiger partial charge in [0.15, 0.2) is 0 Å². The molecule has 3 nitrogen and oxygen atoms in total. The predicted octanol–water partition coefficient (Wildman–Crippen LogP) is 1.73. The molecule has 1 aromatic rings. The Labute approximate surface area is 103 Å². The number of benzene rings is 1. The van der Waals surface area contributed by atoms with Crippen LogP contribution >= 0.6 is 0 Å². The molecule has 3 heteroatoms. The van der Waals surface area contributed by atoms with Crippen LogP contribution in [0.1, 0.15) is 18.0 Å². The molecule has 0 aliphatic carbocycles. The Balaban J connectivity index is 2.20. The largest absolute Gasteiger partial charge is 0.341 e. The van der Waals surface area contributed by atoms with Gasteiger partial charge in [-0.3, -0.25) is 9.69 Å². The van der Waals surface area contributed by atoms with Crippen molar-refractivity contribution in [3.8, 4) is 0 Å². The highest BCUT2D eigenvalue weighted by Crippen LogP contribution is 2.22. The van der Waals surface area contributed by atoms with Crippen LogP contribution in [-0.2, 0) is 4.79 Å². The van der Waals surface area contributed by atoms with Gasteiger partial charge in [0.05, 0.1) is 0 Å². The van der Waals surface area contributed by atoms with E-state index in [9.17, 15) is 4.79 Å². The van der Waals surface area contributed by atoms with Crippen LogP contribution in [0.4, 0.5) is 0 Å². The third kappa shape index (κ3) is 2.67. The topological polar surface area (TPSA) is 23.6 Å². The van der Waals surface area contributed by atoms with Gasteiger partial charge in [-0.05, 0) is 32.5 Å². The van der Waals surface area contributed by atoms with Gasteiger partial charge in [-0.15, -0.1) is 0 Å². The maximum absolute atomic E-state index is 12.5. The molecule has 1 amide bonds. The number of hydrogen-bond donors (Lipinski definition) is 0. The molecular weight excluding hydrogens is 212 g/mol. The maximum atomic E-state index is 12.5. The van der Waals surface area contributed by atoms with Gasteiger partial charge in [0.25, 0.3) is 0 Å². The van der Waals surface area contributed by atoms with Crippen LogP contribution in [0.5, 0.6) is 0 Å². The maximum Gasteiger partial charge on any atom is 0.244 e.